The van der Waals surface area contributed by atoms with Gasteiger partial charge in [0.1, 0.15) is 0 Å². The van der Waals surface area contributed by atoms with Crippen molar-refractivity contribution in [3.63, 3.8) is 0 Å². The van der Waals surface area contributed by atoms with E-state index in [-0.39, 0.29) is 6.10 Å². The highest BCUT2D eigenvalue weighted by Crippen LogP contribution is 2.07. The summed E-state index contributed by atoms with van der Waals surface area (Å²) in [7, 11) is 0. The van der Waals surface area contributed by atoms with Gasteiger partial charge in [0.05, 0.1) is 19.3 Å². The zero-order chi connectivity index (χ0) is 13.9. The molecule has 0 saturated heterocycles. The van der Waals surface area contributed by atoms with Gasteiger partial charge in [0, 0.05) is 0 Å². The lowest BCUT2D eigenvalue weighted by Gasteiger charge is -2.09. The normalized spacial score (nSPS) is 14.7. The number of benzene rings is 1. The topological polar surface area (TPSA) is 29.5 Å². The Morgan fingerprint density at radius 3 is 2.68 bits per heavy atom. The molecule has 0 aliphatic carbocycles. The van der Waals surface area contributed by atoms with Crippen molar-refractivity contribution in [1.29, 1.82) is 0 Å². The van der Waals surface area contributed by atoms with Crippen molar-refractivity contribution in [2.75, 3.05) is 6.61 Å². The van der Waals surface area contributed by atoms with Crippen molar-refractivity contribution < 1.29 is 9.84 Å². The van der Waals surface area contributed by atoms with Gasteiger partial charge in [0.15, 0.2) is 0 Å². The van der Waals surface area contributed by atoms with Crippen LogP contribution < -0.4 is 0 Å². The Morgan fingerprint density at radius 2 is 2.00 bits per heavy atom. The molecule has 0 heterocycles. The second kappa shape index (κ2) is 9.76. The fourth-order valence-electron chi connectivity index (χ4n) is 1.91. The van der Waals surface area contributed by atoms with Crippen LogP contribution in [0.1, 0.15) is 38.7 Å². The lowest BCUT2D eigenvalue weighted by atomic mass is 10.1. The number of aliphatic hydroxyl groups is 1. The molecule has 0 amide bonds. The van der Waals surface area contributed by atoms with E-state index in [1.807, 2.05) is 18.2 Å². The van der Waals surface area contributed by atoms with Crippen LogP contribution in [-0.4, -0.2) is 17.8 Å². The molecule has 1 aromatic carbocycles. The molecule has 0 aromatic heterocycles. The molecular weight excluding hydrogens is 236 g/mol. The second-order valence-electron chi connectivity index (χ2n) is 5.08. The summed E-state index contributed by atoms with van der Waals surface area (Å²) in [5.74, 6) is 0.387. The van der Waals surface area contributed by atoms with Gasteiger partial charge in [-0.15, -0.1) is 0 Å². The lowest BCUT2D eigenvalue weighted by molar-refractivity contribution is 0.104. The standard InChI is InChI=1S/C17H26O2/c1-3-8-17(18)12-7-9-15(2)13-19-14-16-10-5-4-6-11-16/h4-7,9-11,15,17-18H,3,8,12-14H2,1-2H3/b9-7+/t15-,17+/m0/s1. The van der Waals surface area contributed by atoms with Crippen LogP contribution in [0.3, 0.4) is 0 Å². The summed E-state index contributed by atoms with van der Waals surface area (Å²) >= 11 is 0. The van der Waals surface area contributed by atoms with Crippen LogP contribution in [-0.2, 0) is 11.3 Å². The van der Waals surface area contributed by atoms with E-state index < -0.39 is 0 Å². The molecule has 19 heavy (non-hydrogen) atoms. The molecular formula is C17H26O2. The smallest absolute Gasteiger partial charge is 0.0717 e. The Labute approximate surface area is 117 Å². The van der Waals surface area contributed by atoms with Gasteiger partial charge in [0.2, 0.25) is 0 Å². The van der Waals surface area contributed by atoms with Crippen molar-refractivity contribution >= 4 is 0 Å². The van der Waals surface area contributed by atoms with E-state index in [0.717, 1.165) is 25.9 Å². The van der Waals surface area contributed by atoms with Crippen LogP contribution in [0.15, 0.2) is 42.5 Å². The van der Waals surface area contributed by atoms with E-state index in [4.69, 9.17) is 4.74 Å². The summed E-state index contributed by atoms with van der Waals surface area (Å²) in [5.41, 5.74) is 1.21. The van der Waals surface area contributed by atoms with E-state index in [1.54, 1.807) is 0 Å². The molecule has 2 heteroatoms. The molecule has 1 aromatic rings. The number of rotatable bonds is 9. The van der Waals surface area contributed by atoms with Crippen LogP contribution in [0.2, 0.25) is 0 Å². The highest BCUT2D eigenvalue weighted by molar-refractivity contribution is 5.13. The van der Waals surface area contributed by atoms with Crippen LogP contribution in [0, 0.1) is 5.92 Å². The fraction of sp³-hybridized carbons (Fsp3) is 0.529. The van der Waals surface area contributed by atoms with Crippen LogP contribution in [0.4, 0.5) is 0 Å². The van der Waals surface area contributed by atoms with E-state index in [0.29, 0.717) is 12.5 Å². The summed E-state index contributed by atoms with van der Waals surface area (Å²) in [5, 5.41) is 9.60. The molecule has 1 rings (SSSR count). The average molecular weight is 262 g/mol. The predicted octanol–water partition coefficient (Wildman–Crippen LogP) is 3.95. The highest BCUT2D eigenvalue weighted by atomic mass is 16.5. The first kappa shape index (κ1) is 15.9. The summed E-state index contributed by atoms with van der Waals surface area (Å²) in [6, 6.07) is 10.2. The molecule has 0 fully saturated rings. The zero-order valence-corrected chi connectivity index (χ0v) is 12.1. The van der Waals surface area contributed by atoms with Crippen molar-refractivity contribution in [3.05, 3.63) is 48.0 Å². The summed E-state index contributed by atoms with van der Waals surface area (Å²) in [6.45, 7) is 5.60. The summed E-state index contributed by atoms with van der Waals surface area (Å²) in [6.07, 6.45) is 6.66. The maximum absolute atomic E-state index is 9.60. The van der Waals surface area contributed by atoms with Crippen LogP contribution >= 0.6 is 0 Å². The van der Waals surface area contributed by atoms with Gasteiger partial charge in [0.25, 0.3) is 0 Å². The molecule has 0 aliphatic heterocycles. The van der Waals surface area contributed by atoms with Crippen molar-refractivity contribution in [2.24, 2.45) is 5.92 Å². The maximum Gasteiger partial charge on any atom is 0.0717 e. The van der Waals surface area contributed by atoms with Crippen molar-refractivity contribution in [1.82, 2.24) is 0 Å². The number of aliphatic hydroxyl groups excluding tert-OH is 1. The third-order valence-electron chi connectivity index (χ3n) is 2.99. The van der Waals surface area contributed by atoms with Gasteiger partial charge < -0.3 is 9.84 Å². The Balaban J connectivity index is 2.14. The number of hydrogen-bond acceptors (Lipinski definition) is 2. The summed E-state index contributed by atoms with van der Waals surface area (Å²) in [4.78, 5) is 0. The Morgan fingerprint density at radius 1 is 1.26 bits per heavy atom. The quantitative estimate of drug-likeness (QED) is 0.683. The van der Waals surface area contributed by atoms with Gasteiger partial charge in [-0.25, -0.2) is 0 Å². The minimum atomic E-state index is -0.196. The largest absolute Gasteiger partial charge is 0.393 e. The van der Waals surface area contributed by atoms with E-state index in [2.05, 4.69) is 38.1 Å². The first-order chi connectivity index (χ1) is 9.22. The third kappa shape index (κ3) is 7.81. The van der Waals surface area contributed by atoms with Gasteiger partial charge in [-0.2, -0.15) is 0 Å². The molecule has 0 bridgehead atoms. The van der Waals surface area contributed by atoms with Crippen LogP contribution in [0.5, 0.6) is 0 Å². The first-order valence-electron chi connectivity index (χ1n) is 7.18. The Bertz CT molecular complexity index is 346. The zero-order valence-electron chi connectivity index (χ0n) is 12.1. The molecule has 0 radical (unpaired) electrons. The molecule has 0 unspecified atom stereocenters. The van der Waals surface area contributed by atoms with E-state index in [1.165, 1.54) is 5.56 Å². The van der Waals surface area contributed by atoms with E-state index in [9.17, 15) is 5.11 Å². The molecule has 0 saturated carbocycles. The van der Waals surface area contributed by atoms with Crippen LogP contribution in [0.25, 0.3) is 0 Å². The van der Waals surface area contributed by atoms with E-state index >= 15 is 0 Å². The van der Waals surface area contributed by atoms with Crippen molar-refractivity contribution in [3.8, 4) is 0 Å². The Hall–Kier alpha value is -1.12. The first-order valence-corrected chi connectivity index (χ1v) is 7.18. The van der Waals surface area contributed by atoms with Gasteiger partial charge in [-0.05, 0) is 24.3 Å². The lowest BCUT2D eigenvalue weighted by Crippen LogP contribution is -2.05. The Kier molecular flexibility index (Phi) is 8.19. The minimum absolute atomic E-state index is 0.196. The molecule has 0 aliphatic rings. The highest BCUT2D eigenvalue weighted by Gasteiger charge is 2.01. The second-order valence-corrected chi connectivity index (χ2v) is 5.08. The minimum Gasteiger partial charge on any atom is -0.393 e. The summed E-state index contributed by atoms with van der Waals surface area (Å²) < 4.78 is 5.67. The molecule has 2 atom stereocenters. The van der Waals surface area contributed by atoms with Gasteiger partial charge in [-0.1, -0.05) is 62.8 Å². The molecule has 2 nitrogen and oxygen atoms in total. The van der Waals surface area contributed by atoms with Gasteiger partial charge >= 0.3 is 0 Å². The fourth-order valence-corrected chi connectivity index (χ4v) is 1.91. The van der Waals surface area contributed by atoms with Gasteiger partial charge in [-0.3, -0.25) is 0 Å². The predicted molar refractivity (Wildman–Crippen MR) is 79.9 cm³/mol. The number of hydrogen-bond donors (Lipinski definition) is 1. The molecule has 106 valence electrons. The molecule has 1 N–H and O–H groups in total. The molecule has 0 spiro atoms. The monoisotopic (exact) mass is 262 g/mol. The third-order valence-corrected chi connectivity index (χ3v) is 2.99. The number of ether oxygens (including phenoxy) is 1. The average Bonchev–Trinajstić information content (AvgIpc) is 2.40. The van der Waals surface area contributed by atoms with Crippen molar-refractivity contribution in [2.45, 2.75) is 45.8 Å². The SMILES string of the molecule is CCC[C@@H](O)C/C=C/[C@H](C)COCc1ccccc1. The maximum atomic E-state index is 9.60.